The first-order valence-electron chi connectivity index (χ1n) is 10.3. The Labute approximate surface area is 178 Å². The quantitative estimate of drug-likeness (QED) is 0.505. The molecule has 5 rings (SSSR count). The molecule has 1 aliphatic rings. The average Bonchev–Trinajstić information content (AvgIpc) is 3.16. The highest BCUT2D eigenvalue weighted by atomic mass is 19.1. The van der Waals surface area contributed by atoms with E-state index in [0.29, 0.717) is 18.0 Å². The third kappa shape index (κ3) is 4.05. The summed E-state index contributed by atoms with van der Waals surface area (Å²) in [5.74, 6) is 1.60. The van der Waals surface area contributed by atoms with Crippen LogP contribution in [0.1, 0.15) is 17.1 Å². The highest BCUT2D eigenvalue weighted by Crippen LogP contribution is 2.22. The molecule has 8 heteroatoms. The number of piperazine rings is 1. The summed E-state index contributed by atoms with van der Waals surface area (Å²) in [4.78, 5) is 13.6. The van der Waals surface area contributed by atoms with Gasteiger partial charge in [-0.25, -0.2) is 13.8 Å². The summed E-state index contributed by atoms with van der Waals surface area (Å²) >= 11 is 0. The monoisotopic (exact) mass is 420 g/mol. The number of aryl methyl sites for hydroxylation is 1. The molecule has 4 aromatic rings. The van der Waals surface area contributed by atoms with Crippen LogP contribution in [0.3, 0.4) is 0 Å². The molecule has 158 valence electrons. The Bertz CT molecular complexity index is 1210. The Morgan fingerprint density at radius 1 is 0.839 bits per heavy atom. The molecule has 3 heterocycles. The summed E-state index contributed by atoms with van der Waals surface area (Å²) in [5, 5.41) is 4.66. The summed E-state index contributed by atoms with van der Waals surface area (Å²) in [6, 6.07) is 15.1. The predicted octanol–water partition coefficient (Wildman–Crippen LogP) is 3.63. The van der Waals surface area contributed by atoms with Crippen molar-refractivity contribution in [2.45, 2.75) is 13.3 Å². The maximum Gasteiger partial charge on any atom is 0.254 e. The topological polar surface area (TPSA) is 49.6 Å². The minimum Gasteiger partial charge on any atom is -0.368 e. The van der Waals surface area contributed by atoms with Crippen molar-refractivity contribution >= 4 is 17.3 Å². The van der Waals surface area contributed by atoms with Crippen LogP contribution in [0, 0.1) is 18.6 Å². The average molecular weight is 420 g/mol. The molecule has 0 amide bonds. The molecule has 0 atom stereocenters. The zero-order valence-corrected chi connectivity index (χ0v) is 17.2. The van der Waals surface area contributed by atoms with Crippen molar-refractivity contribution < 1.29 is 8.78 Å². The number of benzene rings is 2. The highest BCUT2D eigenvalue weighted by molar-refractivity contribution is 5.52. The standard InChI is InChI=1S/C23H22F2N6/c1-16-13-22(30-11-9-29(10-12-30)20-7-5-18(24)6-8-20)31-23(26-16)27-21(28-31)15-17-3-2-4-19(25)14-17/h2-8,13-14H,9-12,15H2,1H3. The van der Waals surface area contributed by atoms with Crippen molar-refractivity contribution in [3.63, 3.8) is 0 Å². The van der Waals surface area contributed by atoms with Crippen LogP contribution < -0.4 is 9.80 Å². The van der Waals surface area contributed by atoms with Crippen molar-refractivity contribution in [3.05, 3.63) is 83.3 Å². The molecule has 2 aromatic heterocycles. The van der Waals surface area contributed by atoms with Gasteiger partial charge in [0, 0.05) is 50.0 Å². The molecule has 0 aliphatic carbocycles. The van der Waals surface area contributed by atoms with Crippen molar-refractivity contribution in [2.24, 2.45) is 0 Å². The van der Waals surface area contributed by atoms with E-state index in [1.807, 2.05) is 31.2 Å². The van der Waals surface area contributed by atoms with Crippen LogP contribution in [-0.2, 0) is 6.42 Å². The molecule has 31 heavy (non-hydrogen) atoms. The largest absolute Gasteiger partial charge is 0.368 e. The maximum absolute atomic E-state index is 13.5. The van der Waals surface area contributed by atoms with Crippen molar-refractivity contribution in [2.75, 3.05) is 36.0 Å². The third-order valence-corrected chi connectivity index (χ3v) is 5.51. The molecule has 1 saturated heterocycles. The molecule has 2 aromatic carbocycles. The number of halogens is 2. The second-order valence-electron chi connectivity index (χ2n) is 7.75. The summed E-state index contributed by atoms with van der Waals surface area (Å²) in [6.45, 7) is 5.18. The van der Waals surface area contributed by atoms with Gasteiger partial charge >= 0.3 is 0 Å². The van der Waals surface area contributed by atoms with E-state index in [2.05, 4.69) is 24.9 Å². The van der Waals surface area contributed by atoms with Crippen LogP contribution in [0.5, 0.6) is 0 Å². The smallest absolute Gasteiger partial charge is 0.254 e. The fourth-order valence-corrected chi connectivity index (χ4v) is 3.98. The van der Waals surface area contributed by atoms with Gasteiger partial charge < -0.3 is 9.80 Å². The Hall–Kier alpha value is -3.55. The van der Waals surface area contributed by atoms with E-state index in [-0.39, 0.29) is 11.6 Å². The first-order chi connectivity index (χ1) is 15.0. The molecule has 1 fully saturated rings. The summed E-state index contributed by atoms with van der Waals surface area (Å²) in [5.41, 5.74) is 2.71. The zero-order valence-electron chi connectivity index (χ0n) is 17.2. The third-order valence-electron chi connectivity index (χ3n) is 5.51. The molecule has 0 unspecified atom stereocenters. The maximum atomic E-state index is 13.5. The Morgan fingerprint density at radius 3 is 2.32 bits per heavy atom. The van der Waals surface area contributed by atoms with Crippen LogP contribution in [0.4, 0.5) is 20.3 Å². The normalized spacial score (nSPS) is 14.4. The Morgan fingerprint density at radius 2 is 1.58 bits per heavy atom. The Balaban J connectivity index is 1.38. The van der Waals surface area contributed by atoms with Gasteiger partial charge in [0.05, 0.1) is 0 Å². The van der Waals surface area contributed by atoms with Crippen molar-refractivity contribution in [1.82, 2.24) is 19.6 Å². The van der Waals surface area contributed by atoms with Gasteiger partial charge in [0.1, 0.15) is 17.5 Å². The van der Waals surface area contributed by atoms with Crippen molar-refractivity contribution in [1.29, 1.82) is 0 Å². The van der Waals surface area contributed by atoms with Crippen molar-refractivity contribution in [3.8, 4) is 0 Å². The minimum absolute atomic E-state index is 0.225. The molecule has 1 aliphatic heterocycles. The van der Waals surface area contributed by atoms with E-state index in [1.54, 1.807) is 10.6 Å². The van der Waals surface area contributed by atoms with E-state index in [0.717, 1.165) is 48.9 Å². The molecule has 0 radical (unpaired) electrons. The molecular weight excluding hydrogens is 398 g/mol. The second-order valence-corrected chi connectivity index (χ2v) is 7.75. The number of hydrogen-bond acceptors (Lipinski definition) is 5. The molecule has 0 N–H and O–H groups in total. The lowest BCUT2D eigenvalue weighted by Gasteiger charge is -2.37. The lowest BCUT2D eigenvalue weighted by atomic mass is 10.1. The fraction of sp³-hybridized carbons (Fsp3) is 0.261. The number of hydrogen-bond donors (Lipinski definition) is 0. The van der Waals surface area contributed by atoms with Gasteiger partial charge in [-0.1, -0.05) is 12.1 Å². The van der Waals surface area contributed by atoms with Gasteiger partial charge in [0.15, 0.2) is 5.82 Å². The predicted molar refractivity (Wildman–Crippen MR) is 116 cm³/mol. The lowest BCUT2D eigenvalue weighted by Crippen LogP contribution is -2.47. The van der Waals surface area contributed by atoms with Gasteiger partial charge in [0.25, 0.3) is 5.78 Å². The molecular formula is C23H22F2N6. The highest BCUT2D eigenvalue weighted by Gasteiger charge is 2.21. The number of rotatable bonds is 4. The van der Waals surface area contributed by atoms with Gasteiger partial charge in [-0.15, -0.1) is 5.10 Å². The van der Waals surface area contributed by atoms with Gasteiger partial charge in [-0.05, 0) is 48.9 Å². The molecule has 0 spiro atoms. The number of nitrogens with zero attached hydrogens (tertiary/aromatic N) is 6. The minimum atomic E-state index is -0.269. The van der Waals surface area contributed by atoms with Crippen LogP contribution >= 0.6 is 0 Å². The van der Waals surface area contributed by atoms with E-state index >= 15 is 0 Å². The first-order valence-corrected chi connectivity index (χ1v) is 10.3. The zero-order chi connectivity index (χ0) is 21.4. The number of anilines is 2. The van der Waals surface area contributed by atoms with Crippen LogP contribution in [0.15, 0.2) is 54.6 Å². The molecule has 0 bridgehead atoms. The number of aromatic nitrogens is 4. The van der Waals surface area contributed by atoms with Crippen LogP contribution in [0.2, 0.25) is 0 Å². The Kier molecular flexibility index (Phi) is 4.97. The van der Waals surface area contributed by atoms with Gasteiger partial charge in [0.2, 0.25) is 0 Å². The van der Waals surface area contributed by atoms with Gasteiger partial charge in [-0.3, -0.25) is 0 Å². The van der Waals surface area contributed by atoms with Gasteiger partial charge in [-0.2, -0.15) is 9.50 Å². The summed E-state index contributed by atoms with van der Waals surface area (Å²) in [6.07, 6.45) is 0.442. The molecule has 0 saturated carbocycles. The van der Waals surface area contributed by atoms with Crippen LogP contribution in [-0.4, -0.2) is 45.8 Å². The fourth-order valence-electron chi connectivity index (χ4n) is 3.98. The van der Waals surface area contributed by atoms with E-state index in [9.17, 15) is 8.78 Å². The number of fused-ring (bicyclic) bond motifs is 1. The lowest BCUT2D eigenvalue weighted by molar-refractivity contribution is 0.622. The SMILES string of the molecule is Cc1cc(N2CCN(c3ccc(F)cc3)CC2)n2nc(Cc3cccc(F)c3)nc2n1. The van der Waals surface area contributed by atoms with Crippen LogP contribution in [0.25, 0.3) is 5.78 Å². The summed E-state index contributed by atoms with van der Waals surface area (Å²) in [7, 11) is 0. The second kappa shape index (κ2) is 7.94. The van der Waals surface area contributed by atoms with E-state index in [1.165, 1.54) is 24.3 Å². The van der Waals surface area contributed by atoms with E-state index < -0.39 is 0 Å². The first kappa shape index (κ1) is 19.4. The molecule has 6 nitrogen and oxygen atoms in total. The summed E-state index contributed by atoms with van der Waals surface area (Å²) < 4.78 is 28.5. The van der Waals surface area contributed by atoms with E-state index in [4.69, 9.17) is 0 Å².